The molecule has 1 aliphatic rings. The highest BCUT2D eigenvalue weighted by Crippen LogP contribution is 2.45. The first-order valence-electron chi connectivity index (χ1n) is 7.54. The molecule has 25 heavy (non-hydrogen) atoms. The highest BCUT2D eigenvalue weighted by Gasteiger charge is 2.32. The van der Waals surface area contributed by atoms with Gasteiger partial charge in [-0.05, 0) is 39.7 Å². The zero-order chi connectivity index (χ0) is 17.6. The van der Waals surface area contributed by atoms with E-state index in [0.29, 0.717) is 11.3 Å². The van der Waals surface area contributed by atoms with Crippen molar-refractivity contribution in [3.63, 3.8) is 0 Å². The summed E-state index contributed by atoms with van der Waals surface area (Å²) in [4.78, 5) is 4.21. The van der Waals surface area contributed by atoms with Gasteiger partial charge in [-0.25, -0.2) is 0 Å². The molecule has 0 bridgehead atoms. The number of nitriles is 1. The van der Waals surface area contributed by atoms with Crippen molar-refractivity contribution in [1.82, 2.24) is 9.55 Å². The number of aliphatic hydroxyl groups is 1. The first-order chi connectivity index (χ1) is 12.1. The maximum absolute atomic E-state index is 9.61. The summed E-state index contributed by atoms with van der Waals surface area (Å²) in [5.74, 6) is 0.330. The van der Waals surface area contributed by atoms with E-state index in [1.807, 2.05) is 24.3 Å². The van der Waals surface area contributed by atoms with E-state index in [1.54, 1.807) is 23.2 Å². The van der Waals surface area contributed by atoms with E-state index in [9.17, 15) is 10.4 Å². The standard InChI is InChI=1S/C18H13BrN4O2/c19-11-5-10(7-22-8-11)16-13-1-2-15-12(3-4-23(15)9-24)17(13)25-18(21)14(16)6-20/h1-5,7-8,16,24H,9,21H2. The highest BCUT2D eigenvalue weighted by molar-refractivity contribution is 9.10. The van der Waals surface area contributed by atoms with Gasteiger partial charge in [0.15, 0.2) is 0 Å². The molecule has 4 rings (SSSR count). The van der Waals surface area contributed by atoms with Crippen molar-refractivity contribution in [3.05, 3.63) is 69.9 Å². The summed E-state index contributed by atoms with van der Waals surface area (Å²) in [5.41, 5.74) is 8.92. The topological polar surface area (TPSA) is 97.1 Å². The number of ether oxygens (including phenoxy) is 1. The van der Waals surface area contributed by atoms with E-state index >= 15 is 0 Å². The Morgan fingerprint density at radius 3 is 2.92 bits per heavy atom. The average molecular weight is 397 g/mol. The van der Waals surface area contributed by atoms with Crippen molar-refractivity contribution in [1.29, 1.82) is 5.26 Å². The van der Waals surface area contributed by atoms with Crippen molar-refractivity contribution in [2.75, 3.05) is 0 Å². The van der Waals surface area contributed by atoms with Crippen LogP contribution in [0.4, 0.5) is 0 Å². The molecule has 0 saturated carbocycles. The summed E-state index contributed by atoms with van der Waals surface area (Å²) in [6, 6.07) is 9.76. The fourth-order valence-corrected chi connectivity index (χ4v) is 3.62. The number of pyridine rings is 1. The molecule has 0 amide bonds. The number of nitrogens with zero attached hydrogens (tertiary/aromatic N) is 3. The Bertz CT molecular complexity index is 1060. The van der Waals surface area contributed by atoms with Gasteiger partial charge in [-0.1, -0.05) is 6.07 Å². The van der Waals surface area contributed by atoms with Crippen molar-refractivity contribution in [2.24, 2.45) is 5.73 Å². The minimum atomic E-state index is -0.361. The fourth-order valence-electron chi connectivity index (χ4n) is 3.24. The van der Waals surface area contributed by atoms with Crippen LogP contribution >= 0.6 is 15.9 Å². The quantitative estimate of drug-likeness (QED) is 0.693. The van der Waals surface area contributed by atoms with Crippen LogP contribution in [-0.2, 0) is 6.73 Å². The van der Waals surface area contributed by atoms with Gasteiger partial charge in [0.2, 0.25) is 5.88 Å². The van der Waals surface area contributed by atoms with Gasteiger partial charge >= 0.3 is 0 Å². The van der Waals surface area contributed by atoms with Gasteiger partial charge in [0.25, 0.3) is 0 Å². The number of rotatable bonds is 2. The Morgan fingerprint density at radius 2 is 2.20 bits per heavy atom. The molecular weight excluding hydrogens is 384 g/mol. The van der Waals surface area contributed by atoms with E-state index < -0.39 is 0 Å². The molecule has 2 aromatic heterocycles. The molecule has 1 unspecified atom stereocenters. The van der Waals surface area contributed by atoms with Gasteiger partial charge in [0.1, 0.15) is 24.1 Å². The first kappa shape index (κ1) is 15.7. The monoisotopic (exact) mass is 396 g/mol. The Kier molecular flexibility index (Phi) is 3.71. The molecule has 3 aromatic rings. The lowest BCUT2D eigenvalue weighted by molar-refractivity contribution is 0.215. The molecule has 1 atom stereocenters. The van der Waals surface area contributed by atoms with E-state index in [-0.39, 0.29) is 18.5 Å². The van der Waals surface area contributed by atoms with Crippen LogP contribution in [0.1, 0.15) is 17.0 Å². The summed E-state index contributed by atoms with van der Waals surface area (Å²) in [6.45, 7) is -0.129. The van der Waals surface area contributed by atoms with Crippen LogP contribution in [0.3, 0.4) is 0 Å². The van der Waals surface area contributed by atoms with E-state index in [0.717, 1.165) is 26.5 Å². The summed E-state index contributed by atoms with van der Waals surface area (Å²) in [5, 5.41) is 19.9. The number of halogens is 1. The second kappa shape index (κ2) is 5.92. The van der Waals surface area contributed by atoms with Crippen LogP contribution in [0.25, 0.3) is 10.9 Å². The van der Waals surface area contributed by atoms with Gasteiger partial charge in [0, 0.05) is 34.0 Å². The van der Waals surface area contributed by atoms with Crippen molar-refractivity contribution in [2.45, 2.75) is 12.6 Å². The lowest BCUT2D eigenvalue weighted by atomic mass is 9.84. The fraction of sp³-hybridized carbons (Fsp3) is 0.111. The number of fused-ring (bicyclic) bond motifs is 3. The number of benzene rings is 1. The molecule has 0 aliphatic carbocycles. The molecule has 3 N–H and O–H groups in total. The molecule has 0 fully saturated rings. The number of aliphatic hydroxyl groups excluding tert-OH is 1. The van der Waals surface area contributed by atoms with Crippen LogP contribution in [0, 0.1) is 11.3 Å². The van der Waals surface area contributed by atoms with Gasteiger partial charge < -0.3 is 20.1 Å². The van der Waals surface area contributed by atoms with Gasteiger partial charge in [0.05, 0.1) is 11.4 Å². The van der Waals surface area contributed by atoms with Crippen LogP contribution < -0.4 is 10.5 Å². The van der Waals surface area contributed by atoms with Crippen molar-refractivity contribution in [3.8, 4) is 11.8 Å². The molecule has 0 saturated heterocycles. The summed E-state index contributed by atoms with van der Waals surface area (Å²) in [6.07, 6.45) is 5.19. The lowest BCUT2D eigenvalue weighted by Crippen LogP contribution is -2.21. The number of aromatic nitrogens is 2. The van der Waals surface area contributed by atoms with Crippen molar-refractivity contribution < 1.29 is 9.84 Å². The first-order valence-corrected chi connectivity index (χ1v) is 8.34. The van der Waals surface area contributed by atoms with Crippen LogP contribution in [-0.4, -0.2) is 14.7 Å². The average Bonchev–Trinajstić information content (AvgIpc) is 3.04. The Labute approximate surface area is 151 Å². The molecule has 0 radical (unpaired) electrons. The molecule has 0 spiro atoms. The Hall–Kier alpha value is -2.82. The predicted octanol–water partition coefficient (Wildman–Crippen LogP) is 2.97. The third-order valence-electron chi connectivity index (χ3n) is 4.34. The second-order valence-corrected chi connectivity index (χ2v) is 6.62. The van der Waals surface area contributed by atoms with E-state index in [1.165, 1.54) is 0 Å². The zero-order valence-corrected chi connectivity index (χ0v) is 14.6. The second-order valence-electron chi connectivity index (χ2n) is 5.70. The molecule has 1 aromatic carbocycles. The molecule has 3 heterocycles. The molecule has 6 nitrogen and oxygen atoms in total. The minimum absolute atomic E-state index is 0.0872. The maximum Gasteiger partial charge on any atom is 0.205 e. The van der Waals surface area contributed by atoms with Crippen LogP contribution in [0.15, 0.2) is 58.8 Å². The number of hydrogen-bond acceptors (Lipinski definition) is 5. The SMILES string of the molecule is N#CC1=C(N)Oc2c(ccc3c2ccn3CO)C1c1cncc(Br)c1. The lowest BCUT2D eigenvalue weighted by Gasteiger charge is -2.27. The Balaban J connectivity index is 2.00. The largest absolute Gasteiger partial charge is 0.439 e. The minimum Gasteiger partial charge on any atom is -0.439 e. The molecule has 1 aliphatic heterocycles. The number of allylic oxidation sites excluding steroid dienone is 1. The molecular formula is C18H13BrN4O2. The van der Waals surface area contributed by atoms with Gasteiger partial charge in [-0.15, -0.1) is 0 Å². The number of hydrogen-bond donors (Lipinski definition) is 2. The normalized spacial score (nSPS) is 16.4. The molecule has 7 heteroatoms. The third kappa shape index (κ3) is 2.38. The third-order valence-corrected chi connectivity index (χ3v) is 4.78. The summed E-state index contributed by atoms with van der Waals surface area (Å²) >= 11 is 3.42. The van der Waals surface area contributed by atoms with Gasteiger partial charge in [-0.3, -0.25) is 4.98 Å². The summed E-state index contributed by atoms with van der Waals surface area (Å²) in [7, 11) is 0. The number of nitrogens with two attached hydrogens (primary N) is 1. The Morgan fingerprint density at radius 1 is 1.36 bits per heavy atom. The van der Waals surface area contributed by atoms with Crippen LogP contribution in [0.5, 0.6) is 5.75 Å². The van der Waals surface area contributed by atoms with E-state index in [4.69, 9.17) is 10.5 Å². The maximum atomic E-state index is 9.61. The predicted molar refractivity (Wildman–Crippen MR) is 95.4 cm³/mol. The van der Waals surface area contributed by atoms with Gasteiger partial charge in [-0.2, -0.15) is 5.26 Å². The van der Waals surface area contributed by atoms with E-state index in [2.05, 4.69) is 27.0 Å². The highest BCUT2D eigenvalue weighted by atomic mass is 79.9. The molecule has 124 valence electrons. The smallest absolute Gasteiger partial charge is 0.205 e. The zero-order valence-electron chi connectivity index (χ0n) is 13.0. The van der Waals surface area contributed by atoms with Crippen molar-refractivity contribution >= 4 is 26.8 Å². The summed E-state index contributed by atoms with van der Waals surface area (Å²) < 4.78 is 8.32. The van der Waals surface area contributed by atoms with Crippen LogP contribution in [0.2, 0.25) is 0 Å².